The Bertz CT molecular complexity index is 617. The average molecular weight is 257 g/mol. The number of aliphatic hydroxyl groups excluding tert-OH is 1. The molecule has 0 saturated carbocycles. The van der Waals surface area contributed by atoms with E-state index in [4.69, 9.17) is 4.42 Å². The van der Waals surface area contributed by atoms with Gasteiger partial charge in [0.15, 0.2) is 0 Å². The van der Waals surface area contributed by atoms with Crippen molar-refractivity contribution in [1.29, 1.82) is 0 Å². The molecule has 0 radical (unpaired) electrons. The number of rotatable bonds is 2. The summed E-state index contributed by atoms with van der Waals surface area (Å²) in [5, 5.41) is 13.0. The summed E-state index contributed by atoms with van der Waals surface area (Å²) in [5.41, 5.74) is 2.59. The van der Waals surface area contributed by atoms with Crippen LogP contribution in [0.4, 0.5) is 0 Å². The fraction of sp³-hybridized carbons (Fsp3) is 0.267. The molecule has 0 spiro atoms. The second kappa shape index (κ2) is 4.55. The second-order valence-electron chi connectivity index (χ2n) is 4.81. The minimum Gasteiger partial charge on any atom is -0.469 e. The van der Waals surface area contributed by atoms with Gasteiger partial charge in [-0.15, -0.1) is 0 Å². The maximum absolute atomic E-state index is 12.2. The summed E-state index contributed by atoms with van der Waals surface area (Å²) in [6.07, 6.45) is 1.49. The highest BCUT2D eigenvalue weighted by Gasteiger charge is 2.32. The Morgan fingerprint density at radius 2 is 2.16 bits per heavy atom. The number of hydrogen-bond acceptors (Lipinski definition) is 3. The lowest BCUT2D eigenvalue weighted by Gasteiger charge is -2.17. The van der Waals surface area contributed by atoms with Gasteiger partial charge in [0.25, 0.3) is 5.91 Å². The van der Waals surface area contributed by atoms with E-state index in [1.807, 2.05) is 24.3 Å². The van der Waals surface area contributed by atoms with Crippen molar-refractivity contribution in [3.8, 4) is 0 Å². The molecule has 4 nitrogen and oxygen atoms in total. The first kappa shape index (κ1) is 12.0. The van der Waals surface area contributed by atoms with Crippen molar-refractivity contribution in [1.82, 2.24) is 5.32 Å². The van der Waals surface area contributed by atoms with E-state index in [0.717, 1.165) is 11.1 Å². The maximum atomic E-state index is 12.2. The van der Waals surface area contributed by atoms with E-state index in [0.29, 0.717) is 17.7 Å². The molecule has 0 bridgehead atoms. The monoisotopic (exact) mass is 257 g/mol. The lowest BCUT2D eigenvalue weighted by molar-refractivity contribution is 0.0856. The van der Waals surface area contributed by atoms with Crippen LogP contribution in [0.2, 0.25) is 0 Å². The third kappa shape index (κ3) is 2.04. The van der Waals surface area contributed by atoms with Gasteiger partial charge in [0.2, 0.25) is 0 Å². The van der Waals surface area contributed by atoms with Gasteiger partial charge in [-0.2, -0.15) is 0 Å². The van der Waals surface area contributed by atoms with E-state index >= 15 is 0 Å². The van der Waals surface area contributed by atoms with E-state index in [9.17, 15) is 9.90 Å². The van der Waals surface area contributed by atoms with E-state index < -0.39 is 6.10 Å². The standard InChI is InChI=1S/C15H15NO3/c1-9-11(6-7-19-9)15(18)16-14-12-5-3-2-4-10(12)8-13(14)17/h2-7,13-14,17H,8H2,1H3,(H,16,18). The number of furan rings is 1. The predicted molar refractivity (Wildman–Crippen MR) is 69.8 cm³/mol. The van der Waals surface area contributed by atoms with Gasteiger partial charge in [0.05, 0.1) is 24.0 Å². The maximum Gasteiger partial charge on any atom is 0.255 e. The molecule has 2 aromatic rings. The SMILES string of the molecule is Cc1occc1C(=O)NC1c2ccccc2CC1O. The lowest BCUT2D eigenvalue weighted by Crippen LogP contribution is -2.33. The molecule has 0 saturated heterocycles. The molecule has 0 fully saturated rings. The van der Waals surface area contributed by atoms with Crippen LogP contribution in [0.3, 0.4) is 0 Å². The van der Waals surface area contributed by atoms with Crippen LogP contribution >= 0.6 is 0 Å². The van der Waals surface area contributed by atoms with Crippen molar-refractivity contribution >= 4 is 5.91 Å². The highest BCUT2D eigenvalue weighted by atomic mass is 16.3. The molecule has 1 aromatic carbocycles. The van der Waals surface area contributed by atoms with E-state index in [-0.39, 0.29) is 11.9 Å². The van der Waals surface area contributed by atoms with Gasteiger partial charge in [0, 0.05) is 6.42 Å². The Morgan fingerprint density at radius 3 is 2.89 bits per heavy atom. The normalized spacial score (nSPS) is 21.2. The van der Waals surface area contributed by atoms with Gasteiger partial charge in [0.1, 0.15) is 5.76 Å². The Morgan fingerprint density at radius 1 is 1.37 bits per heavy atom. The first-order valence-corrected chi connectivity index (χ1v) is 6.27. The summed E-state index contributed by atoms with van der Waals surface area (Å²) in [7, 11) is 0. The number of carbonyl (C=O) groups is 1. The molecule has 19 heavy (non-hydrogen) atoms. The third-order valence-corrected chi connectivity index (χ3v) is 3.59. The molecular formula is C15H15NO3. The van der Waals surface area contributed by atoms with Gasteiger partial charge in [-0.05, 0) is 24.1 Å². The summed E-state index contributed by atoms with van der Waals surface area (Å²) in [6, 6.07) is 9.07. The molecule has 98 valence electrons. The van der Waals surface area contributed by atoms with Gasteiger partial charge in [-0.1, -0.05) is 24.3 Å². The van der Waals surface area contributed by atoms with Crippen LogP contribution in [0.25, 0.3) is 0 Å². The zero-order chi connectivity index (χ0) is 13.4. The van der Waals surface area contributed by atoms with Crippen LogP contribution in [0.5, 0.6) is 0 Å². The van der Waals surface area contributed by atoms with Crippen molar-refractivity contribution < 1.29 is 14.3 Å². The minimum atomic E-state index is -0.575. The lowest BCUT2D eigenvalue weighted by atomic mass is 10.1. The molecule has 4 heteroatoms. The van der Waals surface area contributed by atoms with Crippen molar-refractivity contribution in [3.63, 3.8) is 0 Å². The molecule has 1 heterocycles. The molecule has 1 aliphatic rings. The first-order valence-electron chi connectivity index (χ1n) is 6.27. The number of aryl methyl sites for hydroxylation is 1. The summed E-state index contributed by atoms with van der Waals surface area (Å²) in [6.45, 7) is 1.74. The highest BCUT2D eigenvalue weighted by Crippen LogP contribution is 2.31. The quantitative estimate of drug-likeness (QED) is 0.864. The van der Waals surface area contributed by atoms with Crippen LogP contribution in [-0.2, 0) is 6.42 Å². The molecule has 2 atom stereocenters. The molecule has 0 aliphatic heterocycles. The number of hydrogen-bond donors (Lipinski definition) is 2. The number of carbonyl (C=O) groups excluding carboxylic acids is 1. The minimum absolute atomic E-state index is 0.216. The Hall–Kier alpha value is -2.07. The summed E-state index contributed by atoms with van der Waals surface area (Å²) < 4.78 is 5.12. The van der Waals surface area contributed by atoms with Crippen molar-refractivity contribution in [2.45, 2.75) is 25.5 Å². The van der Waals surface area contributed by atoms with E-state index in [2.05, 4.69) is 5.32 Å². The molecule has 1 aromatic heterocycles. The molecule has 3 rings (SSSR count). The van der Waals surface area contributed by atoms with E-state index in [1.165, 1.54) is 6.26 Å². The largest absolute Gasteiger partial charge is 0.469 e. The van der Waals surface area contributed by atoms with Gasteiger partial charge >= 0.3 is 0 Å². The second-order valence-corrected chi connectivity index (χ2v) is 4.81. The zero-order valence-electron chi connectivity index (χ0n) is 10.6. The smallest absolute Gasteiger partial charge is 0.255 e. The van der Waals surface area contributed by atoms with E-state index in [1.54, 1.807) is 13.0 Å². The fourth-order valence-corrected chi connectivity index (χ4v) is 2.59. The number of aliphatic hydroxyl groups is 1. The number of benzene rings is 1. The van der Waals surface area contributed by atoms with Crippen molar-refractivity contribution in [3.05, 3.63) is 59.0 Å². The highest BCUT2D eigenvalue weighted by molar-refractivity contribution is 5.95. The van der Waals surface area contributed by atoms with Gasteiger partial charge in [-0.3, -0.25) is 4.79 Å². The molecule has 2 N–H and O–H groups in total. The van der Waals surface area contributed by atoms with Crippen LogP contribution in [0.15, 0.2) is 41.0 Å². The summed E-state index contributed by atoms with van der Waals surface area (Å²) >= 11 is 0. The Kier molecular flexibility index (Phi) is 2.87. The van der Waals surface area contributed by atoms with Crippen LogP contribution in [0.1, 0.15) is 33.3 Å². The average Bonchev–Trinajstić information content (AvgIpc) is 2.94. The third-order valence-electron chi connectivity index (χ3n) is 3.59. The molecule has 1 amide bonds. The van der Waals surface area contributed by atoms with Crippen molar-refractivity contribution in [2.75, 3.05) is 0 Å². The number of fused-ring (bicyclic) bond motifs is 1. The molecule has 2 unspecified atom stereocenters. The number of nitrogens with one attached hydrogen (secondary N) is 1. The van der Waals surface area contributed by atoms with Crippen LogP contribution in [-0.4, -0.2) is 17.1 Å². The fourth-order valence-electron chi connectivity index (χ4n) is 2.59. The predicted octanol–water partition coefficient (Wildman–Crippen LogP) is 1.98. The topological polar surface area (TPSA) is 62.5 Å². The summed E-state index contributed by atoms with van der Waals surface area (Å²) in [4.78, 5) is 12.2. The Balaban J connectivity index is 1.84. The molecule has 1 aliphatic carbocycles. The van der Waals surface area contributed by atoms with Crippen LogP contribution in [0, 0.1) is 6.92 Å². The summed E-state index contributed by atoms with van der Waals surface area (Å²) in [5.74, 6) is 0.366. The van der Waals surface area contributed by atoms with Gasteiger partial charge < -0.3 is 14.8 Å². The number of amides is 1. The van der Waals surface area contributed by atoms with Gasteiger partial charge in [-0.25, -0.2) is 0 Å². The first-order chi connectivity index (χ1) is 9.16. The van der Waals surface area contributed by atoms with Crippen LogP contribution < -0.4 is 5.32 Å². The Labute approximate surface area is 111 Å². The zero-order valence-corrected chi connectivity index (χ0v) is 10.6. The molecular weight excluding hydrogens is 242 g/mol. The van der Waals surface area contributed by atoms with Crippen molar-refractivity contribution in [2.24, 2.45) is 0 Å².